The third kappa shape index (κ3) is 5.40. The van der Waals surface area contributed by atoms with Crippen LogP contribution in [0.15, 0.2) is 95.6 Å². The lowest BCUT2D eigenvalue weighted by atomic mass is 9.84. The Morgan fingerprint density at radius 2 is 1.57 bits per heavy atom. The number of nitrogens with zero attached hydrogens (tertiary/aromatic N) is 3. The van der Waals surface area contributed by atoms with E-state index in [1.165, 1.54) is 16.9 Å². The van der Waals surface area contributed by atoms with Gasteiger partial charge < -0.3 is 15.2 Å². The number of aromatic nitrogens is 3. The second-order valence-corrected chi connectivity index (χ2v) is 9.47. The summed E-state index contributed by atoms with van der Waals surface area (Å²) in [6.45, 7) is 3.46. The fraction of sp³-hybridized carbons (Fsp3) is 0.161. The molecule has 0 bridgehead atoms. The second-order valence-electron chi connectivity index (χ2n) is 9.47. The van der Waals surface area contributed by atoms with Crippen LogP contribution in [0.3, 0.4) is 0 Å². The van der Waals surface area contributed by atoms with E-state index < -0.39 is 29.6 Å². The molecule has 0 aliphatic carbocycles. The Balaban J connectivity index is 1.52. The molecule has 3 aromatic carbocycles. The largest absolute Gasteiger partial charge is 0.361 e. The van der Waals surface area contributed by atoms with Crippen LogP contribution in [0.1, 0.15) is 39.0 Å². The maximum absolute atomic E-state index is 15.3. The highest BCUT2D eigenvalue weighted by Gasteiger charge is 2.33. The molecule has 2 amide bonds. The lowest BCUT2D eigenvalue weighted by molar-refractivity contribution is -0.118. The minimum Gasteiger partial charge on any atom is -0.361 e. The average Bonchev–Trinajstić information content (AvgIpc) is 3.54. The van der Waals surface area contributed by atoms with Gasteiger partial charge in [-0.25, -0.2) is 4.39 Å². The van der Waals surface area contributed by atoms with E-state index in [1.54, 1.807) is 39.1 Å². The molecule has 1 atom stereocenters. The van der Waals surface area contributed by atoms with Gasteiger partial charge in [0.15, 0.2) is 0 Å². The Hall–Kier alpha value is -5.05. The molecule has 5 aromatic rings. The summed E-state index contributed by atoms with van der Waals surface area (Å²) in [5.41, 5.74) is 3.68. The van der Waals surface area contributed by atoms with Crippen molar-refractivity contribution in [3.63, 3.8) is 0 Å². The Morgan fingerprint density at radius 3 is 2.10 bits per heavy atom. The van der Waals surface area contributed by atoms with Crippen LogP contribution in [0, 0.1) is 19.7 Å². The van der Waals surface area contributed by atoms with E-state index in [1.807, 2.05) is 60.7 Å². The first kappa shape index (κ1) is 26.6. The molecule has 0 spiro atoms. The molecule has 0 radical (unpaired) electrons. The quantitative estimate of drug-likeness (QED) is 0.276. The number of anilines is 1. The Labute approximate surface area is 230 Å². The summed E-state index contributed by atoms with van der Waals surface area (Å²) >= 11 is 0. The van der Waals surface area contributed by atoms with Crippen molar-refractivity contribution in [1.29, 1.82) is 0 Å². The van der Waals surface area contributed by atoms with Crippen LogP contribution in [0.2, 0.25) is 0 Å². The summed E-state index contributed by atoms with van der Waals surface area (Å²) in [7, 11) is 1.65. The van der Waals surface area contributed by atoms with Gasteiger partial charge in [0.25, 0.3) is 5.91 Å². The molecular formula is C31H28FN5O3. The van der Waals surface area contributed by atoms with Crippen molar-refractivity contribution in [1.82, 2.24) is 20.3 Å². The molecule has 0 saturated heterocycles. The van der Waals surface area contributed by atoms with Crippen molar-refractivity contribution < 1.29 is 18.5 Å². The van der Waals surface area contributed by atoms with Crippen molar-refractivity contribution in [3.05, 3.63) is 125 Å². The van der Waals surface area contributed by atoms with Crippen LogP contribution < -0.4 is 10.6 Å². The number of halogens is 1. The molecule has 5 rings (SSSR count). The molecule has 9 heteroatoms. The highest BCUT2D eigenvalue weighted by atomic mass is 19.1. The number of hydrogen-bond donors (Lipinski definition) is 2. The van der Waals surface area contributed by atoms with Crippen LogP contribution in [-0.2, 0) is 11.8 Å². The van der Waals surface area contributed by atoms with E-state index in [0.29, 0.717) is 28.3 Å². The van der Waals surface area contributed by atoms with Gasteiger partial charge in [0.2, 0.25) is 5.91 Å². The van der Waals surface area contributed by atoms with Crippen LogP contribution in [0.4, 0.5) is 10.1 Å². The highest BCUT2D eigenvalue weighted by Crippen LogP contribution is 2.32. The summed E-state index contributed by atoms with van der Waals surface area (Å²) < 4.78 is 21.9. The second kappa shape index (κ2) is 11.4. The van der Waals surface area contributed by atoms with Gasteiger partial charge in [0.05, 0.1) is 11.3 Å². The summed E-state index contributed by atoms with van der Waals surface area (Å²) in [6, 6.07) is 23.9. The molecule has 0 saturated carbocycles. The molecule has 40 heavy (non-hydrogen) atoms. The van der Waals surface area contributed by atoms with E-state index in [4.69, 9.17) is 4.52 Å². The molecule has 2 aromatic heterocycles. The number of nitrogens with one attached hydrogen (secondary N) is 2. The van der Waals surface area contributed by atoms with Gasteiger partial charge in [-0.1, -0.05) is 65.8 Å². The van der Waals surface area contributed by atoms with Gasteiger partial charge in [-0.3, -0.25) is 14.3 Å². The smallest absolute Gasteiger partial charge is 0.270 e. The van der Waals surface area contributed by atoms with Gasteiger partial charge in [0.1, 0.15) is 23.3 Å². The van der Waals surface area contributed by atoms with Crippen molar-refractivity contribution >= 4 is 17.5 Å². The maximum atomic E-state index is 15.3. The topological polar surface area (TPSA) is 102 Å². The van der Waals surface area contributed by atoms with Crippen molar-refractivity contribution in [2.45, 2.75) is 25.8 Å². The fourth-order valence-electron chi connectivity index (χ4n) is 4.89. The number of amides is 2. The number of benzene rings is 3. The van der Waals surface area contributed by atoms with E-state index in [-0.39, 0.29) is 5.69 Å². The maximum Gasteiger partial charge on any atom is 0.270 e. The third-order valence-electron chi connectivity index (χ3n) is 6.81. The zero-order valence-electron chi connectivity index (χ0n) is 22.3. The zero-order chi connectivity index (χ0) is 28.2. The monoisotopic (exact) mass is 537 g/mol. The molecule has 202 valence electrons. The molecular weight excluding hydrogens is 509 g/mol. The standard InChI is InChI=1S/C31H28FN5O3/c1-19-27(20(2)40-36-19)24-15-14-23(18-25(24)32)34-31(39)29(35-30(38)26-16-17-33-37(26)3)28(21-10-6-4-7-11-21)22-12-8-5-9-13-22/h4-18,28-29H,1-3H3,(H,34,39)(H,35,38)/t29-/m0/s1. The Bertz CT molecular complexity index is 1590. The molecule has 8 nitrogen and oxygen atoms in total. The number of hydrogen-bond acceptors (Lipinski definition) is 5. The molecule has 2 N–H and O–H groups in total. The molecule has 0 fully saturated rings. The van der Waals surface area contributed by atoms with Gasteiger partial charge in [-0.15, -0.1) is 0 Å². The molecule has 0 aliphatic rings. The molecule has 0 aliphatic heterocycles. The normalized spacial score (nSPS) is 11.8. The van der Waals surface area contributed by atoms with E-state index in [2.05, 4.69) is 20.9 Å². The van der Waals surface area contributed by atoms with E-state index in [9.17, 15) is 9.59 Å². The summed E-state index contributed by atoms with van der Waals surface area (Å²) in [6.07, 6.45) is 1.51. The van der Waals surface area contributed by atoms with E-state index in [0.717, 1.165) is 11.1 Å². The predicted molar refractivity (Wildman–Crippen MR) is 149 cm³/mol. The predicted octanol–water partition coefficient (Wildman–Crippen LogP) is 5.40. The first-order valence-corrected chi connectivity index (χ1v) is 12.8. The van der Waals surface area contributed by atoms with Gasteiger partial charge in [-0.05, 0) is 49.2 Å². The number of aryl methyl sites for hydroxylation is 3. The van der Waals surface area contributed by atoms with Crippen molar-refractivity contribution in [2.75, 3.05) is 5.32 Å². The highest BCUT2D eigenvalue weighted by molar-refractivity contribution is 6.01. The summed E-state index contributed by atoms with van der Waals surface area (Å²) in [5, 5.41) is 13.7. The average molecular weight is 538 g/mol. The van der Waals surface area contributed by atoms with Crippen LogP contribution in [-0.4, -0.2) is 32.8 Å². The van der Waals surface area contributed by atoms with Crippen molar-refractivity contribution in [3.8, 4) is 11.1 Å². The summed E-state index contributed by atoms with van der Waals surface area (Å²) in [5.74, 6) is -1.54. The first-order chi connectivity index (χ1) is 19.3. The first-order valence-electron chi connectivity index (χ1n) is 12.8. The van der Waals surface area contributed by atoms with Gasteiger partial charge in [-0.2, -0.15) is 5.10 Å². The van der Waals surface area contributed by atoms with Crippen molar-refractivity contribution in [2.24, 2.45) is 7.05 Å². The van der Waals surface area contributed by atoms with Crippen LogP contribution >= 0.6 is 0 Å². The third-order valence-corrected chi connectivity index (χ3v) is 6.81. The van der Waals surface area contributed by atoms with Crippen LogP contribution in [0.5, 0.6) is 0 Å². The SMILES string of the molecule is Cc1noc(C)c1-c1ccc(NC(=O)[C@@H](NC(=O)c2ccnn2C)C(c2ccccc2)c2ccccc2)cc1F. The number of rotatable bonds is 8. The summed E-state index contributed by atoms with van der Waals surface area (Å²) in [4.78, 5) is 27.3. The number of carbonyl (C=O) groups is 2. The van der Waals surface area contributed by atoms with Crippen LogP contribution in [0.25, 0.3) is 11.1 Å². The Kier molecular flexibility index (Phi) is 7.54. The number of carbonyl (C=O) groups excluding carboxylic acids is 2. The zero-order valence-corrected chi connectivity index (χ0v) is 22.3. The molecule has 0 unspecified atom stereocenters. The van der Waals surface area contributed by atoms with Gasteiger partial charge in [0, 0.05) is 30.4 Å². The lowest BCUT2D eigenvalue weighted by Crippen LogP contribution is -2.48. The Morgan fingerprint density at radius 1 is 0.925 bits per heavy atom. The van der Waals surface area contributed by atoms with E-state index >= 15 is 4.39 Å². The van der Waals surface area contributed by atoms with Gasteiger partial charge >= 0.3 is 0 Å². The minimum absolute atomic E-state index is 0.248. The molecule has 2 heterocycles. The lowest BCUT2D eigenvalue weighted by Gasteiger charge is -2.28. The fourth-order valence-corrected chi connectivity index (χ4v) is 4.89. The minimum atomic E-state index is -1.04.